The van der Waals surface area contributed by atoms with Crippen molar-refractivity contribution in [3.8, 4) is 0 Å². The summed E-state index contributed by atoms with van der Waals surface area (Å²) in [6, 6.07) is 0. The maximum absolute atomic E-state index is 2.44. The second-order valence-corrected chi connectivity index (χ2v) is 7.75. The monoisotopic (exact) mass is 332 g/mol. The van der Waals surface area contributed by atoms with E-state index >= 15 is 0 Å². The van der Waals surface area contributed by atoms with E-state index in [-0.39, 0.29) is 0 Å². The summed E-state index contributed by atoms with van der Waals surface area (Å²) in [5.74, 6) is 0. The predicted octanol–water partition coefficient (Wildman–Crippen LogP) is 8.91. The van der Waals surface area contributed by atoms with Gasteiger partial charge in [0, 0.05) is 0 Å². The van der Waals surface area contributed by atoms with Gasteiger partial charge in [0.05, 0.1) is 0 Å². The van der Waals surface area contributed by atoms with Crippen molar-refractivity contribution in [2.24, 2.45) is 0 Å². The highest BCUT2D eigenvalue weighted by molar-refractivity contribution is 4.82. The van der Waals surface area contributed by atoms with Gasteiger partial charge in [-0.05, 0) is 51.4 Å². The van der Waals surface area contributed by atoms with Crippen LogP contribution in [0, 0.1) is 0 Å². The summed E-state index contributed by atoms with van der Waals surface area (Å²) in [6.07, 6.45) is 38.0. The van der Waals surface area contributed by atoms with Gasteiger partial charge < -0.3 is 0 Å². The van der Waals surface area contributed by atoms with Crippen molar-refractivity contribution in [2.75, 3.05) is 0 Å². The maximum Gasteiger partial charge on any atom is -0.0351 e. The van der Waals surface area contributed by atoms with E-state index in [1.165, 1.54) is 128 Å². The molecule has 0 aromatic heterocycles. The Morgan fingerprint density at radius 3 is 0.583 bits per heavy atom. The molecule has 0 spiro atoms. The molecule has 0 aromatic carbocycles. The molecule has 0 aliphatic heterocycles. The van der Waals surface area contributed by atoms with Gasteiger partial charge in [0.1, 0.15) is 0 Å². The highest BCUT2D eigenvalue weighted by Crippen LogP contribution is 2.13. The molecule has 0 amide bonds. The van der Waals surface area contributed by atoms with Crippen molar-refractivity contribution in [3.63, 3.8) is 0 Å². The number of hydrogen-bond donors (Lipinski definition) is 0. The zero-order valence-corrected chi connectivity index (χ0v) is 16.5. The summed E-state index contributed by atoms with van der Waals surface area (Å²) in [6.45, 7) is 0. The topological polar surface area (TPSA) is 0 Å². The van der Waals surface area contributed by atoms with Crippen LogP contribution >= 0.6 is 0 Å². The van der Waals surface area contributed by atoms with Crippen LogP contribution in [0.3, 0.4) is 0 Å². The summed E-state index contributed by atoms with van der Waals surface area (Å²) < 4.78 is 0. The highest BCUT2D eigenvalue weighted by Gasteiger charge is 1.93. The zero-order chi connectivity index (χ0) is 17.0. The molecule has 0 bridgehead atoms. The van der Waals surface area contributed by atoms with E-state index in [0.717, 1.165) is 0 Å². The van der Waals surface area contributed by atoms with E-state index in [0.29, 0.717) is 0 Å². The summed E-state index contributed by atoms with van der Waals surface area (Å²) in [5, 5.41) is 0. The van der Waals surface area contributed by atoms with E-state index < -0.39 is 0 Å². The molecule has 1 aliphatic carbocycles. The number of allylic oxidation sites excluding steroid dienone is 4. The van der Waals surface area contributed by atoms with E-state index in [2.05, 4.69) is 24.3 Å². The van der Waals surface area contributed by atoms with Gasteiger partial charge in [0.25, 0.3) is 0 Å². The van der Waals surface area contributed by atoms with Crippen LogP contribution in [0.15, 0.2) is 24.3 Å². The summed E-state index contributed by atoms with van der Waals surface area (Å²) in [5.41, 5.74) is 0. The van der Waals surface area contributed by atoms with Crippen LogP contribution in [0.25, 0.3) is 0 Å². The Bertz CT molecular complexity index is 228. The summed E-state index contributed by atoms with van der Waals surface area (Å²) >= 11 is 0. The molecule has 0 saturated heterocycles. The van der Waals surface area contributed by atoms with Crippen LogP contribution < -0.4 is 0 Å². The quantitative estimate of drug-likeness (QED) is 0.388. The Morgan fingerprint density at radius 1 is 0.208 bits per heavy atom. The Kier molecular flexibility index (Phi) is 16.9. The molecule has 0 nitrogen and oxygen atoms in total. The molecule has 1 aliphatic rings. The van der Waals surface area contributed by atoms with Gasteiger partial charge in [0.2, 0.25) is 0 Å². The minimum Gasteiger partial charge on any atom is -0.0885 e. The number of hydrogen-bond acceptors (Lipinski definition) is 0. The first-order chi connectivity index (χ1) is 12.0. The smallest absolute Gasteiger partial charge is 0.0351 e. The Balaban J connectivity index is 2.09. The van der Waals surface area contributed by atoms with Crippen LogP contribution in [0.4, 0.5) is 0 Å². The molecule has 140 valence electrons. The zero-order valence-electron chi connectivity index (χ0n) is 16.5. The second kappa shape index (κ2) is 18.8. The van der Waals surface area contributed by atoms with E-state index in [1.54, 1.807) is 0 Å². The van der Waals surface area contributed by atoms with Gasteiger partial charge in [-0.15, -0.1) is 0 Å². The fourth-order valence-electron chi connectivity index (χ4n) is 3.64. The molecule has 24 heavy (non-hydrogen) atoms. The third kappa shape index (κ3) is 16.3. The van der Waals surface area contributed by atoms with Crippen LogP contribution in [-0.4, -0.2) is 0 Å². The van der Waals surface area contributed by atoms with Gasteiger partial charge in [-0.2, -0.15) is 0 Å². The van der Waals surface area contributed by atoms with Crippen LogP contribution in [0.2, 0.25) is 0 Å². The minimum atomic E-state index is 1.31. The summed E-state index contributed by atoms with van der Waals surface area (Å²) in [4.78, 5) is 0. The van der Waals surface area contributed by atoms with E-state index in [1.807, 2.05) is 0 Å². The first kappa shape index (κ1) is 21.5. The lowest BCUT2D eigenvalue weighted by atomic mass is 10.0. The lowest BCUT2D eigenvalue weighted by Gasteiger charge is -2.02. The molecular formula is C24H44. The lowest BCUT2D eigenvalue weighted by molar-refractivity contribution is 0.566. The van der Waals surface area contributed by atoms with Gasteiger partial charge in [-0.1, -0.05) is 101 Å². The molecule has 0 fully saturated rings. The molecule has 0 N–H and O–H groups in total. The molecule has 0 heteroatoms. The van der Waals surface area contributed by atoms with Crippen molar-refractivity contribution >= 4 is 0 Å². The normalized spacial score (nSPS) is 25.3. The fraction of sp³-hybridized carbons (Fsp3) is 0.833. The molecule has 0 unspecified atom stereocenters. The van der Waals surface area contributed by atoms with Crippen molar-refractivity contribution in [3.05, 3.63) is 24.3 Å². The molecule has 0 atom stereocenters. The second-order valence-electron chi connectivity index (χ2n) is 7.75. The molecule has 0 aromatic rings. The molecule has 0 saturated carbocycles. The largest absolute Gasteiger partial charge is 0.0885 e. The van der Waals surface area contributed by atoms with Crippen molar-refractivity contribution in [1.82, 2.24) is 0 Å². The van der Waals surface area contributed by atoms with Crippen LogP contribution in [-0.2, 0) is 0 Å². The van der Waals surface area contributed by atoms with E-state index in [9.17, 15) is 0 Å². The average Bonchev–Trinajstić information content (AvgIpc) is 2.59. The van der Waals surface area contributed by atoms with Gasteiger partial charge in [-0.3, -0.25) is 0 Å². The predicted molar refractivity (Wildman–Crippen MR) is 111 cm³/mol. The fourth-order valence-corrected chi connectivity index (χ4v) is 3.64. The highest BCUT2D eigenvalue weighted by atomic mass is 14.0. The van der Waals surface area contributed by atoms with Crippen molar-refractivity contribution in [2.45, 2.75) is 128 Å². The van der Waals surface area contributed by atoms with Gasteiger partial charge >= 0.3 is 0 Å². The van der Waals surface area contributed by atoms with Gasteiger partial charge in [-0.25, -0.2) is 0 Å². The van der Waals surface area contributed by atoms with Gasteiger partial charge in [0.15, 0.2) is 0 Å². The van der Waals surface area contributed by atoms with Crippen molar-refractivity contribution in [1.29, 1.82) is 0 Å². The Labute approximate surface area is 153 Å². The SMILES string of the molecule is C1=C\CCCCCCCCCC/C=C\CCCCCCCCCC/1. The van der Waals surface area contributed by atoms with Crippen LogP contribution in [0.1, 0.15) is 128 Å². The lowest BCUT2D eigenvalue weighted by Crippen LogP contribution is -1.82. The minimum absolute atomic E-state index is 1.31. The molecule has 0 radical (unpaired) electrons. The first-order valence-electron chi connectivity index (χ1n) is 11.3. The van der Waals surface area contributed by atoms with Crippen molar-refractivity contribution < 1.29 is 0 Å². The standard InChI is InChI=1S/C24H44/c1-2-4-6-8-10-12-14-16-18-20-22-24-23-21-19-17-15-13-11-9-7-5-3-1/h1-2,23-24H,3-22H2/b2-1-,24-23-. The maximum atomic E-state index is 2.44. The molecule has 0 heterocycles. The average molecular weight is 333 g/mol. The van der Waals surface area contributed by atoms with E-state index in [4.69, 9.17) is 0 Å². The molecule has 1 rings (SSSR count). The Hall–Kier alpha value is -0.520. The molecular weight excluding hydrogens is 288 g/mol. The third-order valence-electron chi connectivity index (χ3n) is 5.32. The van der Waals surface area contributed by atoms with Crippen LogP contribution in [0.5, 0.6) is 0 Å². The number of rotatable bonds is 0. The summed E-state index contributed by atoms with van der Waals surface area (Å²) in [7, 11) is 0. The third-order valence-corrected chi connectivity index (χ3v) is 5.32. The first-order valence-corrected chi connectivity index (χ1v) is 11.3. The Morgan fingerprint density at radius 2 is 0.375 bits per heavy atom.